The van der Waals surface area contributed by atoms with Gasteiger partial charge in [0.15, 0.2) is 5.65 Å². The molecule has 3 heterocycles. The third-order valence-corrected chi connectivity index (χ3v) is 4.41. The number of rotatable bonds is 3. The van der Waals surface area contributed by atoms with E-state index in [0.717, 1.165) is 15.8 Å². The minimum atomic E-state index is -2.60. The SMILES string of the molecule is Cc1nc2ncc(Br)cc2n1Cc1nnc(C2CC(F)(F)C2)o1. The van der Waals surface area contributed by atoms with E-state index in [1.165, 1.54) is 0 Å². The lowest BCUT2D eigenvalue weighted by molar-refractivity contribution is -0.0919. The highest BCUT2D eigenvalue weighted by molar-refractivity contribution is 9.10. The summed E-state index contributed by atoms with van der Waals surface area (Å²) in [7, 11) is 0. The molecule has 0 saturated heterocycles. The lowest BCUT2D eigenvalue weighted by Gasteiger charge is -2.32. The van der Waals surface area contributed by atoms with E-state index in [1.54, 1.807) is 6.20 Å². The minimum Gasteiger partial charge on any atom is -0.423 e. The minimum absolute atomic E-state index is 0.224. The molecule has 0 radical (unpaired) electrons. The Hall–Kier alpha value is -1.90. The van der Waals surface area contributed by atoms with Crippen molar-refractivity contribution in [1.29, 1.82) is 0 Å². The van der Waals surface area contributed by atoms with E-state index >= 15 is 0 Å². The topological polar surface area (TPSA) is 69.6 Å². The van der Waals surface area contributed by atoms with Crippen molar-refractivity contribution in [3.05, 3.63) is 34.3 Å². The predicted octanol–water partition coefficient (Wildman–Crippen LogP) is 3.45. The lowest BCUT2D eigenvalue weighted by Crippen LogP contribution is -2.33. The highest BCUT2D eigenvalue weighted by Crippen LogP contribution is 2.47. The molecule has 0 spiro atoms. The standard InChI is InChI=1S/C14H12BrF2N5O/c1-7-19-12-10(2-9(15)5-18-12)22(7)6-11-20-21-13(23-11)8-3-14(16,17)4-8/h2,5,8H,3-4,6H2,1H3. The first kappa shape index (κ1) is 14.7. The number of nitrogens with zero attached hydrogens (tertiary/aromatic N) is 5. The summed E-state index contributed by atoms with van der Waals surface area (Å²) in [6.07, 6.45) is 1.23. The summed E-state index contributed by atoms with van der Waals surface area (Å²) in [5.41, 5.74) is 1.47. The molecule has 120 valence electrons. The maximum Gasteiger partial charge on any atom is 0.249 e. The smallest absolute Gasteiger partial charge is 0.249 e. The second-order valence-electron chi connectivity index (χ2n) is 5.74. The van der Waals surface area contributed by atoms with Gasteiger partial charge in [0.05, 0.1) is 5.52 Å². The molecule has 0 atom stereocenters. The summed E-state index contributed by atoms with van der Waals surface area (Å²) in [4.78, 5) is 8.63. The number of fused-ring (bicyclic) bond motifs is 1. The fourth-order valence-electron chi connectivity index (χ4n) is 2.76. The van der Waals surface area contributed by atoms with Crippen molar-refractivity contribution in [1.82, 2.24) is 24.7 Å². The zero-order chi connectivity index (χ0) is 16.2. The van der Waals surface area contributed by atoms with Crippen LogP contribution in [0.4, 0.5) is 8.78 Å². The van der Waals surface area contributed by atoms with Gasteiger partial charge in [-0.05, 0) is 28.9 Å². The van der Waals surface area contributed by atoms with Crippen molar-refractivity contribution < 1.29 is 13.2 Å². The molecule has 1 aliphatic rings. The van der Waals surface area contributed by atoms with Crippen molar-refractivity contribution in [2.24, 2.45) is 0 Å². The first-order valence-corrected chi connectivity index (χ1v) is 7.89. The highest BCUT2D eigenvalue weighted by atomic mass is 79.9. The quantitative estimate of drug-likeness (QED) is 0.692. The molecular formula is C14H12BrF2N5O. The van der Waals surface area contributed by atoms with Crippen molar-refractivity contribution in [3.63, 3.8) is 0 Å². The number of alkyl halides is 2. The van der Waals surface area contributed by atoms with Crippen molar-refractivity contribution in [3.8, 4) is 0 Å². The van der Waals surface area contributed by atoms with Crippen LogP contribution in [-0.4, -0.2) is 30.7 Å². The number of aromatic nitrogens is 5. The van der Waals surface area contributed by atoms with Crippen LogP contribution in [0.1, 0.15) is 36.4 Å². The number of pyridine rings is 1. The van der Waals surface area contributed by atoms with Crippen molar-refractivity contribution in [2.45, 2.75) is 38.2 Å². The largest absolute Gasteiger partial charge is 0.423 e. The highest BCUT2D eigenvalue weighted by Gasteiger charge is 2.48. The first-order valence-electron chi connectivity index (χ1n) is 7.10. The van der Waals surface area contributed by atoms with Crippen LogP contribution in [-0.2, 0) is 6.54 Å². The number of aryl methyl sites for hydroxylation is 1. The molecule has 0 aliphatic heterocycles. The zero-order valence-electron chi connectivity index (χ0n) is 12.1. The molecule has 3 aromatic rings. The van der Waals surface area contributed by atoms with Crippen LogP contribution in [0.25, 0.3) is 11.2 Å². The molecule has 0 aromatic carbocycles. The van der Waals surface area contributed by atoms with Crippen LogP contribution in [0.2, 0.25) is 0 Å². The van der Waals surface area contributed by atoms with E-state index in [1.807, 2.05) is 17.6 Å². The molecule has 23 heavy (non-hydrogen) atoms. The Morgan fingerprint density at radius 3 is 2.91 bits per heavy atom. The lowest BCUT2D eigenvalue weighted by atomic mass is 9.81. The van der Waals surface area contributed by atoms with Gasteiger partial charge in [0, 0.05) is 29.4 Å². The van der Waals surface area contributed by atoms with E-state index in [-0.39, 0.29) is 24.7 Å². The Morgan fingerprint density at radius 2 is 2.17 bits per heavy atom. The van der Waals surface area contributed by atoms with Gasteiger partial charge in [-0.1, -0.05) is 0 Å². The molecule has 4 rings (SSSR count). The summed E-state index contributed by atoms with van der Waals surface area (Å²) in [6, 6.07) is 1.91. The summed E-state index contributed by atoms with van der Waals surface area (Å²) >= 11 is 3.39. The van der Waals surface area contributed by atoms with Gasteiger partial charge in [0.1, 0.15) is 12.4 Å². The molecule has 1 saturated carbocycles. The average molecular weight is 384 g/mol. The van der Waals surface area contributed by atoms with Gasteiger partial charge in [-0.25, -0.2) is 18.7 Å². The Labute approximate surface area is 138 Å². The van der Waals surface area contributed by atoms with E-state index in [4.69, 9.17) is 4.42 Å². The van der Waals surface area contributed by atoms with E-state index in [0.29, 0.717) is 18.1 Å². The predicted molar refractivity (Wildman–Crippen MR) is 80.3 cm³/mol. The summed E-state index contributed by atoms with van der Waals surface area (Å²) in [6.45, 7) is 2.19. The van der Waals surface area contributed by atoms with Crippen LogP contribution < -0.4 is 0 Å². The fraction of sp³-hybridized carbons (Fsp3) is 0.429. The van der Waals surface area contributed by atoms with Gasteiger partial charge in [-0.3, -0.25) is 0 Å². The molecular weight excluding hydrogens is 372 g/mol. The second kappa shape index (κ2) is 5.05. The number of imidazole rings is 1. The summed E-state index contributed by atoms with van der Waals surface area (Å²) in [5.74, 6) is -1.53. The molecule has 0 N–H and O–H groups in total. The van der Waals surface area contributed by atoms with Crippen LogP contribution in [0.5, 0.6) is 0 Å². The zero-order valence-corrected chi connectivity index (χ0v) is 13.7. The van der Waals surface area contributed by atoms with Gasteiger partial charge in [0.25, 0.3) is 0 Å². The Bertz CT molecular complexity index is 883. The van der Waals surface area contributed by atoms with Gasteiger partial charge in [0.2, 0.25) is 17.7 Å². The number of halogens is 3. The van der Waals surface area contributed by atoms with Gasteiger partial charge in [-0.2, -0.15) is 0 Å². The van der Waals surface area contributed by atoms with Crippen LogP contribution in [0, 0.1) is 6.92 Å². The molecule has 1 fully saturated rings. The fourth-order valence-corrected chi connectivity index (χ4v) is 3.08. The third kappa shape index (κ3) is 2.62. The summed E-state index contributed by atoms with van der Waals surface area (Å²) < 4.78 is 34.2. The Morgan fingerprint density at radius 1 is 1.39 bits per heavy atom. The van der Waals surface area contributed by atoms with Crippen LogP contribution in [0.15, 0.2) is 21.2 Å². The monoisotopic (exact) mass is 383 g/mol. The van der Waals surface area contributed by atoms with E-state index in [9.17, 15) is 8.78 Å². The first-order chi connectivity index (χ1) is 10.9. The van der Waals surface area contributed by atoms with E-state index in [2.05, 4.69) is 36.1 Å². The van der Waals surface area contributed by atoms with Crippen LogP contribution in [0.3, 0.4) is 0 Å². The molecule has 3 aromatic heterocycles. The molecule has 1 aliphatic carbocycles. The van der Waals surface area contributed by atoms with Crippen LogP contribution >= 0.6 is 15.9 Å². The Balaban J connectivity index is 1.60. The van der Waals surface area contributed by atoms with Crippen molar-refractivity contribution in [2.75, 3.05) is 0 Å². The molecule has 0 bridgehead atoms. The van der Waals surface area contributed by atoms with Gasteiger partial charge in [-0.15, -0.1) is 10.2 Å². The molecule has 9 heteroatoms. The Kier molecular flexibility index (Phi) is 3.22. The second-order valence-corrected chi connectivity index (χ2v) is 6.65. The van der Waals surface area contributed by atoms with Gasteiger partial charge >= 0.3 is 0 Å². The molecule has 0 amide bonds. The summed E-state index contributed by atoms with van der Waals surface area (Å²) in [5, 5.41) is 7.87. The van der Waals surface area contributed by atoms with E-state index < -0.39 is 5.92 Å². The maximum absolute atomic E-state index is 12.9. The normalized spacial score (nSPS) is 17.6. The molecule has 0 unspecified atom stereocenters. The molecule has 6 nitrogen and oxygen atoms in total. The third-order valence-electron chi connectivity index (χ3n) is 3.98. The number of hydrogen-bond acceptors (Lipinski definition) is 5. The maximum atomic E-state index is 12.9. The van der Waals surface area contributed by atoms with Crippen molar-refractivity contribution >= 4 is 27.1 Å². The number of hydrogen-bond donors (Lipinski definition) is 0. The average Bonchev–Trinajstić information content (AvgIpc) is 3.03. The van der Waals surface area contributed by atoms with Gasteiger partial charge < -0.3 is 8.98 Å².